The van der Waals surface area contributed by atoms with Gasteiger partial charge < -0.3 is 16.0 Å². The number of carbonyl (C=O) groups excluding carboxylic acids is 1. The molecule has 0 spiro atoms. The Morgan fingerprint density at radius 1 is 1.40 bits per heavy atom. The van der Waals surface area contributed by atoms with Gasteiger partial charge in [0.1, 0.15) is 0 Å². The summed E-state index contributed by atoms with van der Waals surface area (Å²) < 4.78 is 0. The quantitative estimate of drug-likeness (QED) is 0.885. The van der Waals surface area contributed by atoms with Crippen molar-refractivity contribution in [1.29, 1.82) is 0 Å². The predicted octanol–water partition coefficient (Wildman–Crippen LogP) is 2.20. The molecule has 20 heavy (non-hydrogen) atoms. The highest BCUT2D eigenvalue weighted by Crippen LogP contribution is 2.27. The third-order valence-corrected chi connectivity index (χ3v) is 4.18. The number of benzene rings is 1. The second kappa shape index (κ2) is 6.86. The molecule has 110 valence electrons. The third kappa shape index (κ3) is 3.81. The second-order valence-electron chi connectivity index (χ2n) is 5.87. The summed E-state index contributed by atoms with van der Waals surface area (Å²) in [5, 5.41) is 3.03. The lowest BCUT2D eigenvalue weighted by Gasteiger charge is -2.32. The second-order valence-corrected chi connectivity index (χ2v) is 5.87. The number of carbonyl (C=O) groups is 1. The standard InChI is InChI=1S/C16H25N3O/c1-19(2)15-8-4-6-13(10-15)16(20)18-14-7-3-5-12(9-14)11-17/h3,5,7,9,13,15H,4,6,8,10-11,17H2,1-2H3,(H,18,20)/t13-,15-/m1/s1. The van der Waals surface area contributed by atoms with Gasteiger partial charge in [0.15, 0.2) is 0 Å². The molecule has 0 radical (unpaired) electrons. The van der Waals surface area contributed by atoms with Crippen LogP contribution in [0.3, 0.4) is 0 Å². The molecule has 1 amide bonds. The first-order chi connectivity index (χ1) is 9.60. The van der Waals surface area contributed by atoms with Crippen molar-refractivity contribution in [1.82, 2.24) is 4.90 Å². The van der Waals surface area contributed by atoms with Crippen molar-refractivity contribution in [2.24, 2.45) is 11.7 Å². The van der Waals surface area contributed by atoms with Gasteiger partial charge in [0.2, 0.25) is 5.91 Å². The van der Waals surface area contributed by atoms with Crippen LogP contribution in [0, 0.1) is 5.92 Å². The molecule has 4 nitrogen and oxygen atoms in total. The highest BCUT2D eigenvalue weighted by Gasteiger charge is 2.28. The Morgan fingerprint density at radius 3 is 2.90 bits per heavy atom. The fourth-order valence-electron chi connectivity index (χ4n) is 2.89. The van der Waals surface area contributed by atoms with Gasteiger partial charge in [-0.05, 0) is 51.1 Å². The number of rotatable bonds is 4. The van der Waals surface area contributed by atoms with E-state index in [1.807, 2.05) is 24.3 Å². The lowest BCUT2D eigenvalue weighted by Crippen LogP contribution is -2.37. The van der Waals surface area contributed by atoms with E-state index < -0.39 is 0 Å². The summed E-state index contributed by atoms with van der Waals surface area (Å²) in [6, 6.07) is 8.29. The minimum atomic E-state index is 0.123. The zero-order valence-corrected chi connectivity index (χ0v) is 12.4. The largest absolute Gasteiger partial charge is 0.326 e. The lowest BCUT2D eigenvalue weighted by molar-refractivity contribution is -0.121. The van der Waals surface area contributed by atoms with Gasteiger partial charge in [0, 0.05) is 24.2 Å². The molecular formula is C16H25N3O. The smallest absolute Gasteiger partial charge is 0.227 e. The molecule has 0 aromatic heterocycles. The molecule has 0 bridgehead atoms. The third-order valence-electron chi connectivity index (χ3n) is 4.18. The van der Waals surface area contributed by atoms with Crippen LogP contribution >= 0.6 is 0 Å². The van der Waals surface area contributed by atoms with Crippen LogP contribution in [0.2, 0.25) is 0 Å². The minimum Gasteiger partial charge on any atom is -0.326 e. The average molecular weight is 275 g/mol. The van der Waals surface area contributed by atoms with Crippen molar-refractivity contribution >= 4 is 11.6 Å². The Morgan fingerprint density at radius 2 is 2.20 bits per heavy atom. The fourth-order valence-corrected chi connectivity index (χ4v) is 2.89. The number of nitrogens with one attached hydrogen (secondary N) is 1. The first-order valence-corrected chi connectivity index (χ1v) is 7.36. The van der Waals surface area contributed by atoms with Crippen molar-refractivity contribution in [2.45, 2.75) is 38.3 Å². The fraction of sp³-hybridized carbons (Fsp3) is 0.562. The summed E-state index contributed by atoms with van der Waals surface area (Å²) in [4.78, 5) is 14.6. The van der Waals surface area contributed by atoms with Crippen LogP contribution < -0.4 is 11.1 Å². The molecule has 1 fully saturated rings. The summed E-state index contributed by atoms with van der Waals surface area (Å²) in [6.45, 7) is 0.496. The summed E-state index contributed by atoms with van der Waals surface area (Å²) in [5.41, 5.74) is 7.52. The van der Waals surface area contributed by atoms with Gasteiger partial charge in [0.25, 0.3) is 0 Å². The van der Waals surface area contributed by atoms with Crippen molar-refractivity contribution in [2.75, 3.05) is 19.4 Å². The summed E-state index contributed by atoms with van der Waals surface area (Å²) >= 11 is 0. The number of hydrogen-bond donors (Lipinski definition) is 2. The van der Waals surface area contributed by atoms with E-state index in [1.165, 1.54) is 6.42 Å². The van der Waals surface area contributed by atoms with Crippen molar-refractivity contribution in [3.05, 3.63) is 29.8 Å². The highest BCUT2D eigenvalue weighted by molar-refractivity contribution is 5.92. The maximum atomic E-state index is 12.4. The van der Waals surface area contributed by atoms with E-state index in [1.54, 1.807) is 0 Å². The molecule has 1 aliphatic carbocycles. The van der Waals surface area contributed by atoms with Gasteiger partial charge >= 0.3 is 0 Å². The van der Waals surface area contributed by atoms with Gasteiger partial charge in [0.05, 0.1) is 0 Å². The van der Waals surface area contributed by atoms with E-state index >= 15 is 0 Å². The molecule has 2 rings (SSSR count). The SMILES string of the molecule is CN(C)[C@@H]1CCC[C@@H](C(=O)Nc2cccc(CN)c2)C1. The number of anilines is 1. The average Bonchev–Trinajstić information content (AvgIpc) is 2.47. The molecule has 0 saturated heterocycles. The number of nitrogens with two attached hydrogens (primary N) is 1. The van der Waals surface area contributed by atoms with Crippen molar-refractivity contribution < 1.29 is 4.79 Å². The molecule has 0 heterocycles. The Kier molecular flexibility index (Phi) is 5.15. The molecule has 2 atom stereocenters. The molecule has 3 N–H and O–H groups in total. The first kappa shape index (κ1) is 15.0. The maximum Gasteiger partial charge on any atom is 0.227 e. The first-order valence-electron chi connectivity index (χ1n) is 7.36. The number of hydrogen-bond acceptors (Lipinski definition) is 3. The van der Waals surface area contributed by atoms with Crippen LogP contribution in [0.5, 0.6) is 0 Å². The lowest BCUT2D eigenvalue weighted by atomic mass is 9.84. The van der Waals surface area contributed by atoms with Crippen LogP contribution in [0.25, 0.3) is 0 Å². The van der Waals surface area contributed by atoms with Crippen molar-refractivity contribution in [3.63, 3.8) is 0 Å². The minimum absolute atomic E-state index is 0.123. The van der Waals surface area contributed by atoms with Gasteiger partial charge in [-0.1, -0.05) is 18.6 Å². The van der Waals surface area contributed by atoms with E-state index in [4.69, 9.17) is 5.73 Å². The van der Waals surface area contributed by atoms with E-state index in [0.29, 0.717) is 12.6 Å². The molecular weight excluding hydrogens is 250 g/mol. The molecule has 1 aliphatic rings. The number of amides is 1. The predicted molar refractivity (Wildman–Crippen MR) is 82.4 cm³/mol. The van der Waals surface area contributed by atoms with Gasteiger partial charge in [-0.15, -0.1) is 0 Å². The van der Waals surface area contributed by atoms with Crippen LogP contribution in [-0.4, -0.2) is 30.9 Å². The molecule has 0 aliphatic heterocycles. The highest BCUT2D eigenvalue weighted by atomic mass is 16.1. The summed E-state index contributed by atoms with van der Waals surface area (Å²) in [5.74, 6) is 0.267. The normalized spacial score (nSPS) is 22.8. The Labute approximate surface area is 121 Å². The van der Waals surface area contributed by atoms with Gasteiger partial charge in [-0.2, -0.15) is 0 Å². The molecule has 1 saturated carbocycles. The summed E-state index contributed by atoms with van der Waals surface area (Å²) in [7, 11) is 4.19. The van der Waals surface area contributed by atoms with E-state index in [2.05, 4.69) is 24.3 Å². The Balaban J connectivity index is 1.97. The monoisotopic (exact) mass is 275 g/mol. The molecule has 1 aromatic rings. The molecule has 1 aromatic carbocycles. The Bertz CT molecular complexity index is 459. The van der Waals surface area contributed by atoms with Crippen LogP contribution in [0.15, 0.2) is 24.3 Å². The van der Waals surface area contributed by atoms with E-state index in [-0.39, 0.29) is 11.8 Å². The van der Waals surface area contributed by atoms with Gasteiger partial charge in [-0.3, -0.25) is 4.79 Å². The maximum absolute atomic E-state index is 12.4. The zero-order valence-electron chi connectivity index (χ0n) is 12.4. The van der Waals surface area contributed by atoms with E-state index in [9.17, 15) is 4.79 Å². The zero-order chi connectivity index (χ0) is 14.5. The topological polar surface area (TPSA) is 58.4 Å². The van der Waals surface area contributed by atoms with Crippen molar-refractivity contribution in [3.8, 4) is 0 Å². The van der Waals surface area contributed by atoms with Crippen LogP contribution in [0.1, 0.15) is 31.2 Å². The molecule has 0 unspecified atom stereocenters. The van der Waals surface area contributed by atoms with Gasteiger partial charge in [-0.25, -0.2) is 0 Å². The Hall–Kier alpha value is -1.39. The number of nitrogens with zero attached hydrogens (tertiary/aromatic N) is 1. The van der Waals surface area contributed by atoms with Crippen LogP contribution in [0.4, 0.5) is 5.69 Å². The van der Waals surface area contributed by atoms with Crippen LogP contribution in [-0.2, 0) is 11.3 Å². The summed E-state index contributed by atoms with van der Waals surface area (Å²) in [6.07, 6.45) is 4.27. The molecule has 4 heteroatoms. The van der Waals surface area contributed by atoms with E-state index in [0.717, 1.165) is 30.5 Å².